The van der Waals surface area contributed by atoms with Gasteiger partial charge in [-0.15, -0.1) is 0 Å². The Hall–Kier alpha value is -0.160. The largest absolute Gasteiger partial charge is 0.315 e. The highest BCUT2D eigenvalue weighted by Gasteiger charge is 2.28. The summed E-state index contributed by atoms with van der Waals surface area (Å²) < 4.78 is 0. The van der Waals surface area contributed by atoms with Crippen LogP contribution in [-0.2, 0) is 0 Å². The Bertz CT molecular complexity index is 144. The molecule has 2 aliphatic rings. The van der Waals surface area contributed by atoms with Crippen molar-refractivity contribution >= 4 is 0 Å². The molecule has 88 valence electrons. The van der Waals surface area contributed by atoms with Gasteiger partial charge in [0.15, 0.2) is 0 Å². The summed E-state index contributed by atoms with van der Waals surface area (Å²) in [5, 5.41) is 14.3. The van der Waals surface area contributed by atoms with Gasteiger partial charge in [0.05, 0.1) is 5.66 Å². The van der Waals surface area contributed by atoms with Crippen LogP contribution in [0.1, 0.15) is 25.7 Å². The first-order valence-electron chi connectivity index (χ1n) is 6.33. The highest BCUT2D eigenvalue weighted by atomic mass is 15.2. The van der Waals surface area contributed by atoms with Crippen molar-refractivity contribution in [3.63, 3.8) is 0 Å². The molecule has 0 aromatic heterocycles. The Balaban J connectivity index is 1.92. The molecular formula is C11H24N4. The van der Waals surface area contributed by atoms with E-state index in [9.17, 15) is 0 Å². The zero-order valence-corrected chi connectivity index (χ0v) is 9.57. The average molecular weight is 212 g/mol. The lowest BCUT2D eigenvalue weighted by Crippen LogP contribution is -2.61. The first-order chi connectivity index (χ1) is 7.41. The molecule has 1 spiro atoms. The standard InChI is InChI=1S/C11H24N4/c1-3-11(14-9-7-12-5-1)4-2-6-13-8-10-15-11/h12-15H,1-10H2. The van der Waals surface area contributed by atoms with Gasteiger partial charge in [-0.25, -0.2) is 0 Å². The SMILES string of the molecule is C1CNCCNC2(C1)CCCNCCN2. The zero-order chi connectivity index (χ0) is 10.4. The van der Waals surface area contributed by atoms with Crippen molar-refractivity contribution in [1.29, 1.82) is 0 Å². The van der Waals surface area contributed by atoms with Crippen molar-refractivity contribution < 1.29 is 0 Å². The van der Waals surface area contributed by atoms with Crippen molar-refractivity contribution in [1.82, 2.24) is 21.3 Å². The summed E-state index contributed by atoms with van der Waals surface area (Å²) in [6.45, 7) is 6.71. The molecule has 2 aliphatic heterocycles. The normalized spacial score (nSPS) is 28.8. The molecule has 2 fully saturated rings. The Labute approximate surface area is 92.6 Å². The molecule has 4 N–H and O–H groups in total. The van der Waals surface area contributed by atoms with Crippen LogP contribution >= 0.6 is 0 Å². The van der Waals surface area contributed by atoms with Gasteiger partial charge < -0.3 is 10.6 Å². The Kier molecular flexibility index (Phi) is 4.38. The molecular weight excluding hydrogens is 188 g/mol. The lowest BCUT2D eigenvalue weighted by molar-refractivity contribution is 0.193. The molecule has 2 rings (SSSR count). The lowest BCUT2D eigenvalue weighted by atomic mass is 9.95. The van der Waals surface area contributed by atoms with E-state index in [1.54, 1.807) is 0 Å². The molecule has 15 heavy (non-hydrogen) atoms. The van der Waals surface area contributed by atoms with Crippen LogP contribution in [0.15, 0.2) is 0 Å². The van der Waals surface area contributed by atoms with E-state index in [1.807, 2.05) is 0 Å². The van der Waals surface area contributed by atoms with Crippen LogP contribution in [0.4, 0.5) is 0 Å². The molecule has 0 radical (unpaired) electrons. The molecule has 0 bridgehead atoms. The van der Waals surface area contributed by atoms with E-state index < -0.39 is 0 Å². The third kappa shape index (κ3) is 3.41. The van der Waals surface area contributed by atoms with Crippen LogP contribution in [0.2, 0.25) is 0 Å². The Morgan fingerprint density at radius 3 is 1.67 bits per heavy atom. The molecule has 4 nitrogen and oxygen atoms in total. The van der Waals surface area contributed by atoms with Crippen molar-refractivity contribution in [2.75, 3.05) is 39.3 Å². The van der Waals surface area contributed by atoms with Gasteiger partial charge in [-0.3, -0.25) is 10.6 Å². The second kappa shape index (κ2) is 5.80. The van der Waals surface area contributed by atoms with E-state index in [1.165, 1.54) is 38.8 Å². The van der Waals surface area contributed by atoms with Gasteiger partial charge >= 0.3 is 0 Å². The number of hydrogen-bond donors (Lipinski definition) is 4. The second-order valence-electron chi connectivity index (χ2n) is 4.64. The van der Waals surface area contributed by atoms with Gasteiger partial charge in [0, 0.05) is 26.2 Å². The van der Waals surface area contributed by atoms with E-state index in [0.29, 0.717) is 0 Å². The maximum atomic E-state index is 3.70. The fourth-order valence-corrected chi connectivity index (χ4v) is 2.60. The predicted octanol–water partition coefficient (Wildman–Crippen LogP) is -0.371. The molecule has 4 heteroatoms. The zero-order valence-electron chi connectivity index (χ0n) is 9.57. The fraction of sp³-hybridized carbons (Fsp3) is 1.00. The molecule has 0 atom stereocenters. The summed E-state index contributed by atoms with van der Waals surface area (Å²) in [6, 6.07) is 0. The maximum Gasteiger partial charge on any atom is 0.0689 e. The second-order valence-corrected chi connectivity index (χ2v) is 4.64. The minimum Gasteiger partial charge on any atom is -0.315 e. The molecule has 0 amide bonds. The number of rotatable bonds is 0. The van der Waals surface area contributed by atoms with Gasteiger partial charge in [-0.1, -0.05) is 0 Å². The lowest BCUT2D eigenvalue weighted by Gasteiger charge is -2.39. The summed E-state index contributed by atoms with van der Waals surface area (Å²) in [7, 11) is 0. The molecule has 0 aromatic carbocycles. The van der Waals surface area contributed by atoms with Gasteiger partial charge in [0.2, 0.25) is 0 Å². The molecule has 0 aliphatic carbocycles. The van der Waals surface area contributed by atoms with Crippen molar-refractivity contribution in [2.24, 2.45) is 0 Å². The summed E-state index contributed by atoms with van der Waals surface area (Å²) >= 11 is 0. The average Bonchev–Trinajstić information content (AvgIpc) is 2.15. The minimum atomic E-state index is 0.226. The van der Waals surface area contributed by atoms with Crippen LogP contribution in [0.3, 0.4) is 0 Å². The molecule has 2 heterocycles. The number of hydrogen-bond acceptors (Lipinski definition) is 4. The highest BCUT2D eigenvalue weighted by molar-refractivity contribution is 4.88. The third-order valence-electron chi connectivity index (χ3n) is 3.44. The first kappa shape index (κ1) is 11.3. The van der Waals surface area contributed by atoms with E-state index in [0.717, 1.165) is 26.2 Å². The van der Waals surface area contributed by atoms with Crippen molar-refractivity contribution in [2.45, 2.75) is 31.3 Å². The summed E-state index contributed by atoms with van der Waals surface area (Å²) in [4.78, 5) is 0. The highest BCUT2D eigenvalue weighted by Crippen LogP contribution is 2.17. The van der Waals surface area contributed by atoms with Crippen LogP contribution in [-0.4, -0.2) is 44.9 Å². The minimum absolute atomic E-state index is 0.226. The quantitative estimate of drug-likeness (QED) is 0.442. The number of nitrogens with one attached hydrogen (secondary N) is 4. The fourth-order valence-electron chi connectivity index (χ4n) is 2.60. The third-order valence-corrected chi connectivity index (χ3v) is 3.44. The first-order valence-corrected chi connectivity index (χ1v) is 6.33. The van der Waals surface area contributed by atoms with Gasteiger partial charge in [0.25, 0.3) is 0 Å². The van der Waals surface area contributed by atoms with Crippen LogP contribution in [0, 0.1) is 0 Å². The Morgan fingerprint density at radius 2 is 1.13 bits per heavy atom. The van der Waals surface area contributed by atoms with Gasteiger partial charge in [0.1, 0.15) is 0 Å². The smallest absolute Gasteiger partial charge is 0.0689 e. The Morgan fingerprint density at radius 1 is 0.600 bits per heavy atom. The van der Waals surface area contributed by atoms with Crippen LogP contribution < -0.4 is 21.3 Å². The molecule has 0 saturated carbocycles. The van der Waals surface area contributed by atoms with Gasteiger partial charge in [-0.2, -0.15) is 0 Å². The summed E-state index contributed by atoms with van der Waals surface area (Å²) in [5.74, 6) is 0. The monoisotopic (exact) mass is 212 g/mol. The van der Waals surface area contributed by atoms with Crippen LogP contribution in [0.25, 0.3) is 0 Å². The van der Waals surface area contributed by atoms with Gasteiger partial charge in [-0.05, 0) is 38.8 Å². The van der Waals surface area contributed by atoms with E-state index >= 15 is 0 Å². The van der Waals surface area contributed by atoms with Crippen molar-refractivity contribution in [3.8, 4) is 0 Å². The molecule has 0 aromatic rings. The van der Waals surface area contributed by atoms with Crippen molar-refractivity contribution in [3.05, 3.63) is 0 Å². The van der Waals surface area contributed by atoms with E-state index in [4.69, 9.17) is 0 Å². The van der Waals surface area contributed by atoms with E-state index in [-0.39, 0.29) is 5.66 Å². The molecule has 2 saturated heterocycles. The summed E-state index contributed by atoms with van der Waals surface area (Å²) in [6.07, 6.45) is 5.04. The van der Waals surface area contributed by atoms with Crippen LogP contribution in [0.5, 0.6) is 0 Å². The maximum absolute atomic E-state index is 3.70. The van der Waals surface area contributed by atoms with E-state index in [2.05, 4.69) is 21.3 Å². The summed E-state index contributed by atoms with van der Waals surface area (Å²) in [5.41, 5.74) is 0.226. The topological polar surface area (TPSA) is 48.1 Å². The predicted molar refractivity (Wildman–Crippen MR) is 62.9 cm³/mol. The molecule has 0 unspecified atom stereocenters.